The monoisotopic (exact) mass is 348 g/mol. The summed E-state index contributed by atoms with van der Waals surface area (Å²) in [4.78, 5) is 12.3. The lowest BCUT2D eigenvalue weighted by molar-refractivity contribution is 0.0935. The molecule has 1 amide bonds. The quantitative estimate of drug-likeness (QED) is 0.753. The molecule has 2 aromatic rings. The van der Waals surface area contributed by atoms with Gasteiger partial charge in [0.1, 0.15) is 11.5 Å². The van der Waals surface area contributed by atoms with Gasteiger partial charge in [-0.3, -0.25) is 4.79 Å². The molecule has 0 fully saturated rings. The molecular weight excluding hydrogens is 328 g/mol. The van der Waals surface area contributed by atoms with E-state index in [2.05, 4.69) is 16.6 Å². The largest absolute Gasteiger partial charge is 0.464 e. The molecule has 2 rings (SSSR count). The summed E-state index contributed by atoms with van der Waals surface area (Å²) < 4.78 is 31.8. The van der Waals surface area contributed by atoms with Crippen LogP contribution in [-0.2, 0) is 10.0 Å². The van der Waals surface area contributed by atoms with E-state index in [0.717, 1.165) is 5.76 Å². The van der Waals surface area contributed by atoms with Crippen LogP contribution in [0.1, 0.15) is 34.8 Å². The number of hydrogen-bond donors (Lipinski definition) is 2. The molecule has 0 bridgehead atoms. The fraction of sp³-hybridized carbons (Fsp3) is 0.235. The molecule has 2 N–H and O–H groups in total. The van der Waals surface area contributed by atoms with Crippen molar-refractivity contribution < 1.29 is 17.6 Å². The van der Waals surface area contributed by atoms with E-state index in [-0.39, 0.29) is 23.4 Å². The molecule has 0 radical (unpaired) electrons. The summed E-state index contributed by atoms with van der Waals surface area (Å²) in [6.07, 6.45) is 1.46. The molecule has 1 heterocycles. The molecule has 6 nitrogen and oxygen atoms in total. The first-order chi connectivity index (χ1) is 11.3. The highest BCUT2D eigenvalue weighted by molar-refractivity contribution is 7.89. The Balaban J connectivity index is 2.07. The zero-order chi connectivity index (χ0) is 17.7. The number of rotatable bonds is 7. The Kier molecular flexibility index (Phi) is 5.58. The molecule has 24 heavy (non-hydrogen) atoms. The van der Waals surface area contributed by atoms with Crippen LogP contribution in [0.15, 0.2) is 58.4 Å². The topological polar surface area (TPSA) is 88.4 Å². The molecular formula is C17H20N2O4S. The van der Waals surface area contributed by atoms with Crippen LogP contribution in [0.2, 0.25) is 0 Å². The zero-order valence-electron chi connectivity index (χ0n) is 13.6. The van der Waals surface area contributed by atoms with Gasteiger partial charge < -0.3 is 9.73 Å². The van der Waals surface area contributed by atoms with Gasteiger partial charge in [0.25, 0.3) is 5.91 Å². The first-order valence-electron chi connectivity index (χ1n) is 7.41. The molecule has 1 unspecified atom stereocenters. The predicted molar refractivity (Wildman–Crippen MR) is 91.2 cm³/mol. The van der Waals surface area contributed by atoms with E-state index in [1.54, 1.807) is 6.07 Å². The summed E-state index contributed by atoms with van der Waals surface area (Å²) in [5.74, 6) is 1.13. The molecule has 1 atom stereocenters. The van der Waals surface area contributed by atoms with Gasteiger partial charge in [-0.15, -0.1) is 6.58 Å². The van der Waals surface area contributed by atoms with Crippen LogP contribution in [0, 0.1) is 6.92 Å². The second kappa shape index (κ2) is 7.46. The minimum atomic E-state index is -3.60. The van der Waals surface area contributed by atoms with Crippen molar-refractivity contribution in [3.8, 4) is 0 Å². The van der Waals surface area contributed by atoms with Gasteiger partial charge >= 0.3 is 0 Å². The van der Waals surface area contributed by atoms with Crippen molar-refractivity contribution in [3.05, 3.63) is 66.1 Å². The average Bonchev–Trinajstić information content (AvgIpc) is 2.99. The van der Waals surface area contributed by atoms with Gasteiger partial charge in [0, 0.05) is 12.1 Å². The lowest BCUT2D eigenvalue weighted by atomic mass is 10.2. The third-order valence-electron chi connectivity index (χ3n) is 3.38. The van der Waals surface area contributed by atoms with E-state index in [1.807, 2.05) is 19.9 Å². The predicted octanol–water partition coefficient (Wildman–Crippen LogP) is 2.54. The number of benzene rings is 1. The molecule has 0 aliphatic heterocycles. The first-order valence-corrected chi connectivity index (χ1v) is 8.89. The molecule has 0 spiro atoms. The third kappa shape index (κ3) is 4.33. The van der Waals surface area contributed by atoms with Crippen molar-refractivity contribution in [2.75, 3.05) is 6.54 Å². The fourth-order valence-corrected chi connectivity index (χ4v) is 3.07. The van der Waals surface area contributed by atoms with Crippen LogP contribution in [0.5, 0.6) is 0 Å². The Bertz CT molecular complexity index is 823. The summed E-state index contributed by atoms with van der Waals surface area (Å²) >= 11 is 0. The number of nitrogens with one attached hydrogen (secondary N) is 2. The maximum Gasteiger partial charge on any atom is 0.251 e. The highest BCUT2D eigenvalue weighted by Crippen LogP contribution is 2.17. The minimum Gasteiger partial charge on any atom is -0.464 e. The van der Waals surface area contributed by atoms with Gasteiger partial charge in [-0.05, 0) is 50.2 Å². The first kappa shape index (κ1) is 18.0. The Morgan fingerprint density at radius 1 is 1.25 bits per heavy atom. The smallest absolute Gasteiger partial charge is 0.251 e. The average molecular weight is 348 g/mol. The molecule has 0 saturated carbocycles. The fourth-order valence-electron chi connectivity index (χ4n) is 2.07. The minimum absolute atomic E-state index is 0.0932. The van der Waals surface area contributed by atoms with Crippen LogP contribution >= 0.6 is 0 Å². The van der Waals surface area contributed by atoms with E-state index in [9.17, 15) is 13.2 Å². The third-order valence-corrected chi connectivity index (χ3v) is 4.82. The highest BCUT2D eigenvalue weighted by atomic mass is 32.2. The number of aryl methyl sites for hydroxylation is 1. The standard InChI is InChI=1S/C17H20N2O4S/c1-4-11-18-24(21,22)15-8-6-14(7-9-15)17(20)19-13(3)16-10-5-12(2)23-16/h4-10,13,18H,1,11H2,2-3H3,(H,19,20). The van der Waals surface area contributed by atoms with Gasteiger partial charge in [-0.25, -0.2) is 13.1 Å². The van der Waals surface area contributed by atoms with Crippen molar-refractivity contribution in [2.24, 2.45) is 0 Å². The SMILES string of the molecule is C=CCNS(=O)(=O)c1ccc(C(=O)NC(C)c2ccc(C)o2)cc1. The van der Waals surface area contributed by atoms with E-state index in [1.165, 1.54) is 30.3 Å². The van der Waals surface area contributed by atoms with Crippen LogP contribution in [-0.4, -0.2) is 20.9 Å². The Labute approximate surface area is 141 Å². The zero-order valence-corrected chi connectivity index (χ0v) is 14.4. The van der Waals surface area contributed by atoms with E-state index < -0.39 is 10.0 Å². The Morgan fingerprint density at radius 3 is 2.46 bits per heavy atom. The molecule has 0 aliphatic carbocycles. The number of sulfonamides is 1. The van der Waals surface area contributed by atoms with Gasteiger partial charge in [0.05, 0.1) is 10.9 Å². The number of hydrogen-bond acceptors (Lipinski definition) is 4. The molecule has 0 aliphatic rings. The summed E-state index contributed by atoms with van der Waals surface area (Å²) in [5.41, 5.74) is 0.368. The highest BCUT2D eigenvalue weighted by Gasteiger charge is 2.16. The summed E-state index contributed by atoms with van der Waals surface area (Å²) in [7, 11) is -3.60. The Morgan fingerprint density at radius 2 is 1.92 bits per heavy atom. The number of carbonyl (C=O) groups is 1. The van der Waals surface area contributed by atoms with Gasteiger partial charge in [-0.2, -0.15) is 0 Å². The second-order valence-corrected chi connectivity index (χ2v) is 7.08. The van der Waals surface area contributed by atoms with Crippen LogP contribution in [0.3, 0.4) is 0 Å². The second-order valence-electron chi connectivity index (χ2n) is 5.31. The number of furan rings is 1. The van der Waals surface area contributed by atoms with Crippen molar-refractivity contribution >= 4 is 15.9 Å². The lowest BCUT2D eigenvalue weighted by Crippen LogP contribution is -2.27. The summed E-state index contributed by atoms with van der Waals surface area (Å²) in [6, 6.07) is 9.07. The van der Waals surface area contributed by atoms with Crippen molar-refractivity contribution in [2.45, 2.75) is 24.8 Å². The van der Waals surface area contributed by atoms with E-state index >= 15 is 0 Å². The molecule has 0 saturated heterocycles. The van der Waals surface area contributed by atoms with Gasteiger partial charge in [0.15, 0.2) is 0 Å². The van der Waals surface area contributed by atoms with Crippen LogP contribution < -0.4 is 10.0 Å². The van der Waals surface area contributed by atoms with Crippen molar-refractivity contribution in [1.82, 2.24) is 10.0 Å². The summed E-state index contributed by atoms with van der Waals surface area (Å²) in [6.45, 7) is 7.25. The van der Waals surface area contributed by atoms with Crippen molar-refractivity contribution in [1.29, 1.82) is 0 Å². The Hall–Kier alpha value is -2.38. The molecule has 1 aromatic carbocycles. The van der Waals surface area contributed by atoms with Crippen molar-refractivity contribution in [3.63, 3.8) is 0 Å². The number of carbonyl (C=O) groups excluding carboxylic acids is 1. The molecule has 7 heteroatoms. The van der Waals surface area contributed by atoms with E-state index in [4.69, 9.17) is 4.42 Å². The normalized spacial score (nSPS) is 12.6. The van der Waals surface area contributed by atoms with Crippen LogP contribution in [0.4, 0.5) is 0 Å². The molecule has 128 valence electrons. The number of amides is 1. The maximum atomic E-state index is 12.2. The summed E-state index contributed by atoms with van der Waals surface area (Å²) in [5, 5.41) is 2.81. The van der Waals surface area contributed by atoms with E-state index in [0.29, 0.717) is 11.3 Å². The van der Waals surface area contributed by atoms with Gasteiger partial charge in [-0.1, -0.05) is 6.08 Å². The lowest BCUT2D eigenvalue weighted by Gasteiger charge is -2.12. The molecule has 1 aromatic heterocycles. The van der Waals surface area contributed by atoms with Gasteiger partial charge in [0.2, 0.25) is 10.0 Å². The van der Waals surface area contributed by atoms with Crippen LogP contribution in [0.25, 0.3) is 0 Å². The maximum absolute atomic E-state index is 12.2.